The number of hydrogen-bond donors (Lipinski definition) is 0. The highest BCUT2D eigenvalue weighted by atomic mass is 16.6. The summed E-state index contributed by atoms with van der Waals surface area (Å²) >= 11 is 0. The van der Waals surface area contributed by atoms with Gasteiger partial charge in [0.05, 0.1) is 18.4 Å². The van der Waals surface area contributed by atoms with Crippen molar-refractivity contribution in [2.24, 2.45) is 4.99 Å². The lowest BCUT2D eigenvalue weighted by Gasteiger charge is -2.19. The molecule has 1 atom stereocenters. The minimum Gasteiger partial charge on any atom is -0.497 e. The Morgan fingerprint density at radius 2 is 1.62 bits per heavy atom. The van der Waals surface area contributed by atoms with Crippen LogP contribution in [0.15, 0.2) is 53.5 Å². The maximum Gasteiger partial charge on any atom is 0.338 e. The summed E-state index contributed by atoms with van der Waals surface area (Å²) in [5.41, 5.74) is 3.27. The zero-order valence-electron chi connectivity index (χ0n) is 14.4. The first-order valence-corrected chi connectivity index (χ1v) is 7.93. The summed E-state index contributed by atoms with van der Waals surface area (Å²) < 4.78 is 10.5. The summed E-state index contributed by atoms with van der Waals surface area (Å²) in [5, 5.41) is 0. The van der Waals surface area contributed by atoms with Crippen LogP contribution < -0.4 is 4.74 Å². The smallest absolute Gasteiger partial charge is 0.338 e. The molecule has 0 saturated heterocycles. The summed E-state index contributed by atoms with van der Waals surface area (Å²) in [5.74, 6) is 0.529. The number of carbonyl (C=O) groups excluding carboxylic acids is 1. The average molecular weight is 323 g/mol. The third-order valence-corrected chi connectivity index (χ3v) is 3.71. The van der Waals surface area contributed by atoms with Gasteiger partial charge in [0.25, 0.3) is 0 Å². The Morgan fingerprint density at radius 1 is 1.00 bits per heavy atom. The minimum atomic E-state index is -0.490. The Labute approximate surface area is 142 Å². The standard InChI is InChI=1S/C20H21NO3/c1-20(2,3)24-19(22)15-7-5-13(6-8-15)17-18(21-17)14-9-11-16(23-4)12-10-14/h5-12,18H,1-4H3. The molecule has 2 aromatic carbocycles. The van der Waals surface area contributed by atoms with Crippen LogP contribution in [0.3, 0.4) is 0 Å². The maximum absolute atomic E-state index is 12.0. The van der Waals surface area contributed by atoms with Crippen molar-refractivity contribution >= 4 is 11.7 Å². The largest absolute Gasteiger partial charge is 0.497 e. The predicted molar refractivity (Wildman–Crippen MR) is 93.9 cm³/mol. The monoisotopic (exact) mass is 323 g/mol. The van der Waals surface area contributed by atoms with E-state index in [1.54, 1.807) is 19.2 Å². The number of esters is 1. The second-order valence-electron chi connectivity index (χ2n) is 6.77. The van der Waals surface area contributed by atoms with Crippen molar-refractivity contribution in [3.8, 4) is 5.75 Å². The number of benzene rings is 2. The van der Waals surface area contributed by atoms with Crippen LogP contribution >= 0.6 is 0 Å². The van der Waals surface area contributed by atoms with Crippen molar-refractivity contribution in [2.45, 2.75) is 32.4 Å². The Balaban J connectivity index is 1.66. The summed E-state index contributed by atoms with van der Waals surface area (Å²) in [7, 11) is 1.65. The number of methoxy groups -OCH3 is 1. The first kappa shape index (κ1) is 16.2. The third kappa shape index (κ3) is 3.65. The average Bonchev–Trinajstić information content (AvgIpc) is 3.34. The van der Waals surface area contributed by atoms with Crippen LogP contribution in [0.2, 0.25) is 0 Å². The Morgan fingerprint density at radius 3 is 2.17 bits per heavy atom. The molecule has 4 heteroatoms. The molecular formula is C20H21NO3. The zero-order chi connectivity index (χ0) is 17.3. The van der Waals surface area contributed by atoms with E-state index >= 15 is 0 Å². The highest BCUT2D eigenvalue weighted by molar-refractivity contribution is 6.14. The molecule has 0 radical (unpaired) electrons. The summed E-state index contributed by atoms with van der Waals surface area (Å²) in [4.78, 5) is 16.6. The van der Waals surface area contributed by atoms with Crippen molar-refractivity contribution in [1.82, 2.24) is 0 Å². The van der Waals surface area contributed by atoms with Gasteiger partial charge in [-0.25, -0.2) is 4.79 Å². The van der Waals surface area contributed by atoms with E-state index in [2.05, 4.69) is 4.99 Å². The highest BCUT2D eigenvalue weighted by Crippen LogP contribution is 2.35. The van der Waals surface area contributed by atoms with E-state index in [0.29, 0.717) is 5.56 Å². The van der Waals surface area contributed by atoms with Gasteiger partial charge in [-0.1, -0.05) is 24.3 Å². The Bertz CT molecular complexity index is 768. The maximum atomic E-state index is 12.0. The third-order valence-electron chi connectivity index (χ3n) is 3.71. The molecule has 3 rings (SSSR count). The van der Waals surface area contributed by atoms with Crippen molar-refractivity contribution in [3.63, 3.8) is 0 Å². The lowest BCUT2D eigenvalue weighted by molar-refractivity contribution is 0.00695. The number of nitrogens with zero attached hydrogens (tertiary/aromatic N) is 1. The van der Waals surface area contributed by atoms with Gasteiger partial charge in [-0.05, 0) is 56.2 Å². The van der Waals surface area contributed by atoms with Crippen LogP contribution in [-0.2, 0) is 4.74 Å². The predicted octanol–water partition coefficient (Wildman–Crippen LogP) is 4.19. The molecule has 0 aromatic heterocycles. The van der Waals surface area contributed by atoms with E-state index in [0.717, 1.165) is 22.6 Å². The molecule has 2 aromatic rings. The molecule has 0 spiro atoms. The Kier molecular flexibility index (Phi) is 4.14. The van der Waals surface area contributed by atoms with Crippen LogP contribution in [0.5, 0.6) is 5.75 Å². The summed E-state index contributed by atoms with van der Waals surface area (Å²) in [6.45, 7) is 5.58. The van der Waals surface area contributed by atoms with E-state index in [1.165, 1.54) is 0 Å². The van der Waals surface area contributed by atoms with Gasteiger partial charge >= 0.3 is 5.97 Å². The molecule has 0 amide bonds. The van der Waals surface area contributed by atoms with Gasteiger partial charge in [-0.2, -0.15) is 0 Å². The second kappa shape index (κ2) is 6.11. The van der Waals surface area contributed by atoms with E-state index in [9.17, 15) is 4.79 Å². The van der Waals surface area contributed by atoms with Crippen LogP contribution in [0.1, 0.15) is 48.3 Å². The van der Waals surface area contributed by atoms with Gasteiger partial charge in [0.1, 0.15) is 17.4 Å². The molecule has 1 heterocycles. The van der Waals surface area contributed by atoms with Crippen LogP contribution in [-0.4, -0.2) is 24.4 Å². The first-order valence-electron chi connectivity index (χ1n) is 7.93. The molecule has 24 heavy (non-hydrogen) atoms. The number of rotatable bonds is 4. The number of carbonyl (C=O) groups is 1. The van der Waals surface area contributed by atoms with Gasteiger partial charge in [0, 0.05) is 0 Å². The lowest BCUT2D eigenvalue weighted by Crippen LogP contribution is -2.23. The summed E-state index contributed by atoms with van der Waals surface area (Å²) in [6, 6.07) is 15.4. The van der Waals surface area contributed by atoms with Crippen LogP contribution in [0, 0.1) is 0 Å². The molecule has 1 unspecified atom stereocenters. The van der Waals surface area contributed by atoms with E-state index in [4.69, 9.17) is 9.47 Å². The molecule has 0 N–H and O–H groups in total. The fourth-order valence-electron chi connectivity index (χ4n) is 2.47. The van der Waals surface area contributed by atoms with Gasteiger partial charge in [-0.3, -0.25) is 4.99 Å². The Hall–Kier alpha value is -2.62. The molecule has 0 bridgehead atoms. The SMILES string of the molecule is COc1ccc(C2N=C2c2ccc(C(=O)OC(C)(C)C)cc2)cc1. The quantitative estimate of drug-likeness (QED) is 0.793. The molecule has 1 aliphatic heterocycles. The normalized spacial score (nSPS) is 16.3. The molecule has 0 fully saturated rings. The topological polar surface area (TPSA) is 47.9 Å². The lowest BCUT2D eigenvalue weighted by atomic mass is 10.0. The van der Waals surface area contributed by atoms with Gasteiger partial charge < -0.3 is 9.47 Å². The fraction of sp³-hybridized carbons (Fsp3) is 0.300. The molecular weight excluding hydrogens is 302 g/mol. The molecule has 0 aliphatic carbocycles. The molecule has 0 saturated carbocycles. The van der Waals surface area contributed by atoms with Crippen molar-refractivity contribution < 1.29 is 14.3 Å². The molecule has 124 valence electrons. The minimum absolute atomic E-state index is 0.100. The number of aliphatic imine (C=N–C) groups is 1. The van der Waals surface area contributed by atoms with Crippen LogP contribution in [0.4, 0.5) is 0 Å². The van der Waals surface area contributed by atoms with E-state index < -0.39 is 5.60 Å². The molecule has 4 nitrogen and oxygen atoms in total. The molecule has 1 aliphatic rings. The second-order valence-corrected chi connectivity index (χ2v) is 6.77. The summed E-state index contributed by atoms with van der Waals surface area (Å²) in [6.07, 6.45) is 0. The van der Waals surface area contributed by atoms with Gasteiger partial charge in [0.15, 0.2) is 0 Å². The van der Waals surface area contributed by atoms with Gasteiger partial charge in [-0.15, -0.1) is 0 Å². The van der Waals surface area contributed by atoms with E-state index in [-0.39, 0.29) is 12.0 Å². The van der Waals surface area contributed by atoms with Crippen molar-refractivity contribution in [3.05, 3.63) is 65.2 Å². The first-order chi connectivity index (χ1) is 11.4. The highest BCUT2D eigenvalue weighted by Gasteiger charge is 2.30. The number of hydrogen-bond acceptors (Lipinski definition) is 4. The van der Waals surface area contributed by atoms with Crippen molar-refractivity contribution in [2.75, 3.05) is 7.11 Å². The zero-order valence-corrected chi connectivity index (χ0v) is 14.4. The van der Waals surface area contributed by atoms with E-state index in [1.807, 2.05) is 57.2 Å². The van der Waals surface area contributed by atoms with Crippen LogP contribution in [0.25, 0.3) is 0 Å². The number of ether oxygens (including phenoxy) is 2. The fourth-order valence-corrected chi connectivity index (χ4v) is 2.47. The van der Waals surface area contributed by atoms with Crippen molar-refractivity contribution in [1.29, 1.82) is 0 Å². The van der Waals surface area contributed by atoms with Gasteiger partial charge in [0.2, 0.25) is 0 Å².